The van der Waals surface area contributed by atoms with Gasteiger partial charge in [0.1, 0.15) is 0 Å². The molecule has 2 fully saturated rings. The first-order valence-corrected chi connectivity index (χ1v) is 9.92. The fourth-order valence-corrected chi connectivity index (χ4v) is 3.88. The lowest BCUT2D eigenvalue weighted by molar-refractivity contribution is -0.121. The number of rotatable bonds is 3. The largest absolute Gasteiger partial charge is 0.369 e. The molecular weight excluding hydrogens is 324 g/mol. The summed E-state index contributed by atoms with van der Waals surface area (Å²) in [5.41, 5.74) is 2.35. The molecule has 1 aromatic rings. The Morgan fingerprint density at radius 1 is 0.962 bits per heavy atom. The van der Waals surface area contributed by atoms with Crippen molar-refractivity contribution in [3.63, 3.8) is 0 Å². The number of hydrogen-bond donors (Lipinski definition) is 1. The van der Waals surface area contributed by atoms with Crippen molar-refractivity contribution >= 4 is 17.3 Å². The Morgan fingerprint density at radius 2 is 1.54 bits per heavy atom. The molecule has 2 aliphatic rings. The fourth-order valence-electron chi connectivity index (χ4n) is 3.88. The SMILES string of the molecule is CN1CCN(c2ccc(NC(=O)C3CCN(C(C)(C)C)CC3)cc2)CC1. The molecular formula is C21H34N4O. The molecule has 26 heavy (non-hydrogen) atoms. The zero-order valence-electron chi connectivity index (χ0n) is 16.8. The first-order chi connectivity index (χ1) is 12.3. The van der Waals surface area contributed by atoms with Gasteiger partial charge in [-0.1, -0.05) is 0 Å². The molecule has 1 amide bonds. The number of amides is 1. The first kappa shape index (κ1) is 19.2. The first-order valence-electron chi connectivity index (χ1n) is 9.92. The molecule has 0 spiro atoms. The summed E-state index contributed by atoms with van der Waals surface area (Å²) in [4.78, 5) is 19.8. The van der Waals surface area contributed by atoms with Gasteiger partial charge in [0, 0.05) is 49.0 Å². The number of likely N-dealkylation sites (N-methyl/N-ethyl adjacent to an activating group) is 1. The minimum Gasteiger partial charge on any atom is -0.369 e. The molecule has 144 valence electrons. The van der Waals surface area contributed by atoms with Crippen molar-refractivity contribution < 1.29 is 4.79 Å². The molecule has 1 aromatic carbocycles. The van der Waals surface area contributed by atoms with Gasteiger partial charge in [0.2, 0.25) is 5.91 Å². The summed E-state index contributed by atoms with van der Waals surface area (Å²) < 4.78 is 0. The van der Waals surface area contributed by atoms with E-state index in [-0.39, 0.29) is 17.4 Å². The molecule has 5 nitrogen and oxygen atoms in total. The molecule has 0 atom stereocenters. The van der Waals surface area contributed by atoms with Crippen molar-refractivity contribution in [2.75, 3.05) is 56.5 Å². The Labute approximate surface area is 158 Å². The molecule has 5 heteroatoms. The Morgan fingerprint density at radius 3 is 2.08 bits per heavy atom. The summed E-state index contributed by atoms with van der Waals surface area (Å²) in [6, 6.07) is 8.33. The van der Waals surface area contributed by atoms with E-state index in [0.717, 1.165) is 57.8 Å². The van der Waals surface area contributed by atoms with Gasteiger partial charge in [-0.2, -0.15) is 0 Å². The third-order valence-corrected chi connectivity index (χ3v) is 5.82. The lowest BCUT2D eigenvalue weighted by Gasteiger charge is -2.40. The van der Waals surface area contributed by atoms with E-state index in [9.17, 15) is 4.79 Å². The van der Waals surface area contributed by atoms with Crippen LogP contribution in [0.3, 0.4) is 0 Å². The summed E-state index contributed by atoms with van der Waals surface area (Å²) in [5, 5.41) is 3.12. The van der Waals surface area contributed by atoms with Gasteiger partial charge in [-0.3, -0.25) is 9.69 Å². The van der Waals surface area contributed by atoms with Crippen molar-refractivity contribution in [1.82, 2.24) is 9.80 Å². The summed E-state index contributed by atoms with van der Waals surface area (Å²) in [5.74, 6) is 0.303. The van der Waals surface area contributed by atoms with Crippen LogP contribution in [0.5, 0.6) is 0 Å². The monoisotopic (exact) mass is 358 g/mol. The maximum Gasteiger partial charge on any atom is 0.227 e. The third-order valence-electron chi connectivity index (χ3n) is 5.82. The maximum absolute atomic E-state index is 12.6. The normalized spacial score (nSPS) is 21.0. The molecule has 0 radical (unpaired) electrons. The number of carbonyl (C=O) groups is 1. The summed E-state index contributed by atoms with van der Waals surface area (Å²) in [6.07, 6.45) is 1.89. The van der Waals surface area contributed by atoms with E-state index >= 15 is 0 Å². The average Bonchev–Trinajstić information content (AvgIpc) is 2.62. The maximum atomic E-state index is 12.6. The highest BCUT2D eigenvalue weighted by atomic mass is 16.1. The molecule has 2 aliphatic heterocycles. The Hall–Kier alpha value is -1.59. The van der Waals surface area contributed by atoms with E-state index in [1.807, 2.05) is 12.1 Å². The van der Waals surface area contributed by atoms with Crippen molar-refractivity contribution in [3.05, 3.63) is 24.3 Å². The van der Waals surface area contributed by atoms with Crippen molar-refractivity contribution in [2.24, 2.45) is 5.92 Å². The fraction of sp³-hybridized carbons (Fsp3) is 0.667. The minimum atomic E-state index is 0.130. The van der Waals surface area contributed by atoms with Crippen LogP contribution < -0.4 is 10.2 Å². The standard InChI is InChI=1S/C21H34N4O/c1-21(2,3)25-11-9-17(10-12-25)20(26)22-18-5-7-19(8-6-18)24-15-13-23(4)14-16-24/h5-8,17H,9-16H2,1-4H3,(H,22,26). The lowest BCUT2D eigenvalue weighted by atomic mass is 9.92. The minimum absolute atomic E-state index is 0.130. The topological polar surface area (TPSA) is 38.8 Å². The molecule has 0 aromatic heterocycles. The summed E-state index contributed by atoms with van der Waals surface area (Å²) in [7, 11) is 2.17. The van der Waals surface area contributed by atoms with E-state index < -0.39 is 0 Å². The number of likely N-dealkylation sites (tertiary alicyclic amines) is 1. The van der Waals surface area contributed by atoms with E-state index in [2.05, 4.69) is 60.0 Å². The highest BCUT2D eigenvalue weighted by Gasteiger charge is 2.30. The number of nitrogens with one attached hydrogen (secondary N) is 1. The Kier molecular flexibility index (Phi) is 5.88. The van der Waals surface area contributed by atoms with Crippen LogP contribution >= 0.6 is 0 Å². The second-order valence-corrected chi connectivity index (χ2v) is 8.76. The number of anilines is 2. The highest BCUT2D eigenvalue weighted by molar-refractivity contribution is 5.92. The van der Waals surface area contributed by atoms with Gasteiger partial charge in [-0.05, 0) is 78.0 Å². The highest BCUT2D eigenvalue weighted by Crippen LogP contribution is 2.25. The van der Waals surface area contributed by atoms with E-state index in [1.54, 1.807) is 0 Å². The van der Waals surface area contributed by atoms with Gasteiger partial charge in [0.25, 0.3) is 0 Å². The molecule has 0 unspecified atom stereocenters. The van der Waals surface area contributed by atoms with Gasteiger partial charge in [0.05, 0.1) is 0 Å². The van der Waals surface area contributed by atoms with E-state index in [0.29, 0.717) is 0 Å². The van der Waals surface area contributed by atoms with E-state index in [4.69, 9.17) is 0 Å². The predicted octanol–water partition coefficient (Wildman–Crippen LogP) is 2.89. The summed E-state index contributed by atoms with van der Waals surface area (Å²) >= 11 is 0. The zero-order chi connectivity index (χ0) is 18.7. The second kappa shape index (κ2) is 7.97. The molecule has 1 N–H and O–H groups in total. The van der Waals surface area contributed by atoms with Crippen molar-refractivity contribution in [1.29, 1.82) is 0 Å². The number of benzene rings is 1. The molecule has 3 rings (SSSR count). The van der Waals surface area contributed by atoms with Crippen molar-refractivity contribution in [3.8, 4) is 0 Å². The number of hydrogen-bond acceptors (Lipinski definition) is 4. The molecule has 0 bridgehead atoms. The number of nitrogens with zero attached hydrogens (tertiary/aromatic N) is 3. The van der Waals surface area contributed by atoms with Gasteiger partial charge < -0.3 is 15.1 Å². The van der Waals surface area contributed by atoms with Crippen molar-refractivity contribution in [2.45, 2.75) is 39.2 Å². The number of piperazine rings is 1. The Balaban J connectivity index is 1.50. The van der Waals surface area contributed by atoms with Crippen LogP contribution in [0.2, 0.25) is 0 Å². The Bertz CT molecular complexity index is 591. The lowest BCUT2D eigenvalue weighted by Crippen LogP contribution is -2.47. The second-order valence-electron chi connectivity index (χ2n) is 8.76. The molecule has 2 saturated heterocycles. The van der Waals surface area contributed by atoms with E-state index in [1.165, 1.54) is 5.69 Å². The quantitative estimate of drug-likeness (QED) is 0.902. The number of piperidine rings is 1. The van der Waals surface area contributed by atoms with Gasteiger partial charge in [-0.25, -0.2) is 0 Å². The van der Waals surface area contributed by atoms with Crippen LogP contribution in [0.4, 0.5) is 11.4 Å². The van der Waals surface area contributed by atoms with Crippen LogP contribution in [0.25, 0.3) is 0 Å². The van der Waals surface area contributed by atoms with Gasteiger partial charge >= 0.3 is 0 Å². The number of carbonyl (C=O) groups excluding carboxylic acids is 1. The zero-order valence-corrected chi connectivity index (χ0v) is 16.8. The molecule has 2 heterocycles. The molecule has 0 aliphatic carbocycles. The smallest absolute Gasteiger partial charge is 0.227 e. The van der Waals surface area contributed by atoms with Crippen LogP contribution in [0, 0.1) is 5.92 Å². The van der Waals surface area contributed by atoms with Gasteiger partial charge in [-0.15, -0.1) is 0 Å². The third kappa shape index (κ3) is 4.77. The van der Waals surface area contributed by atoms with Crippen LogP contribution in [-0.2, 0) is 4.79 Å². The average molecular weight is 359 g/mol. The van der Waals surface area contributed by atoms with Crippen LogP contribution in [-0.4, -0.2) is 67.6 Å². The van der Waals surface area contributed by atoms with Crippen LogP contribution in [0.1, 0.15) is 33.6 Å². The van der Waals surface area contributed by atoms with Gasteiger partial charge in [0.15, 0.2) is 0 Å². The molecule has 0 saturated carbocycles. The summed E-state index contributed by atoms with van der Waals surface area (Å²) in [6.45, 7) is 13.1. The van der Waals surface area contributed by atoms with Crippen LogP contribution in [0.15, 0.2) is 24.3 Å². The predicted molar refractivity (Wildman–Crippen MR) is 109 cm³/mol.